The van der Waals surface area contributed by atoms with Gasteiger partial charge in [0.05, 0.1) is 10.9 Å². The summed E-state index contributed by atoms with van der Waals surface area (Å²) in [5, 5.41) is 9.75. The molecule has 0 amide bonds. The molecule has 0 spiro atoms. The minimum absolute atomic E-state index is 0.194. The van der Waals surface area contributed by atoms with E-state index in [1.54, 1.807) is 13.8 Å². The largest absolute Gasteiger partial charge is 0.456 e. The maximum atomic E-state index is 11.7. The molecule has 0 aliphatic heterocycles. The molecular weight excluding hydrogens is 519 g/mol. The number of alkyl halides is 2. The van der Waals surface area contributed by atoms with Crippen molar-refractivity contribution in [3.8, 4) is 0 Å². The van der Waals surface area contributed by atoms with Crippen LogP contribution in [-0.4, -0.2) is 32.9 Å². The van der Waals surface area contributed by atoms with Crippen LogP contribution in [-0.2, 0) is 14.3 Å². The molecule has 6 saturated carbocycles. The molecule has 4 nitrogen and oxygen atoms in total. The first kappa shape index (κ1) is 33.5. The molecule has 6 rings (SSSR count). The van der Waals surface area contributed by atoms with Crippen LogP contribution in [0.25, 0.3) is 0 Å². The van der Waals surface area contributed by atoms with Gasteiger partial charge in [0.15, 0.2) is 0 Å². The Balaban J connectivity index is 0.000000280. The summed E-state index contributed by atoms with van der Waals surface area (Å²) >= 11 is 14.4. The maximum Gasteiger partial charge on any atom is 0.333 e. The van der Waals surface area contributed by atoms with Crippen LogP contribution in [0.2, 0.25) is 0 Å². The van der Waals surface area contributed by atoms with Crippen molar-refractivity contribution in [2.75, 3.05) is 5.34 Å². The van der Waals surface area contributed by atoms with E-state index in [0.717, 1.165) is 24.7 Å². The van der Waals surface area contributed by atoms with Gasteiger partial charge in [0, 0.05) is 17.1 Å². The highest BCUT2D eigenvalue weighted by Crippen LogP contribution is 2.64. The molecule has 0 radical (unpaired) electrons. The van der Waals surface area contributed by atoms with Crippen molar-refractivity contribution in [2.45, 2.75) is 105 Å². The van der Waals surface area contributed by atoms with Crippen LogP contribution in [0.3, 0.4) is 0 Å². The summed E-state index contributed by atoms with van der Waals surface area (Å²) in [7, 11) is 0. The molecule has 36 heavy (non-hydrogen) atoms. The highest BCUT2D eigenvalue weighted by Gasteiger charge is 2.61. The molecule has 6 aliphatic rings. The third kappa shape index (κ3) is 7.52. The van der Waals surface area contributed by atoms with Gasteiger partial charge in [-0.1, -0.05) is 40.9 Å². The molecule has 0 aromatic heterocycles. The van der Waals surface area contributed by atoms with Crippen molar-refractivity contribution in [2.24, 2.45) is 34.5 Å². The van der Waals surface area contributed by atoms with E-state index in [1.165, 1.54) is 25.7 Å². The van der Waals surface area contributed by atoms with Crippen LogP contribution < -0.4 is 0 Å². The minimum atomic E-state index is -0.463. The fourth-order valence-electron chi connectivity index (χ4n) is 6.80. The smallest absolute Gasteiger partial charge is 0.333 e. The Morgan fingerprint density at radius 3 is 1.50 bits per heavy atom. The van der Waals surface area contributed by atoms with E-state index in [1.807, 2.05) is 6.92 Å². The number of carbonyl (C=O) groups is 2. The number of hydrogen-bond donors (Lipinski definition) is 1. The number of aliphatic hydroxyl groups is 1. The number of allylic oxidation sites excluding steroid dienone is 1. The Morgan fingerprint density at radius 1 is 0.861 bits per heavy atom. The van der Waals surface area contributed by atoms with Crippen molar-refractivity contribution in [1.82, 2.24) is 0 Å². The molecule has 0 aromatic carbocycles. The quantitative estimate of drug-likeness (QED) is 0.162. The lowest BCUT2D eigenvalue weighted by atomic mass is 9.44. The summed E-state index contributed by atoms with van der Waals surface area (Å²) in [6, 6.07) is 0. The molecule has 1 N–H and O–H groups in total. The molecule has 7 heteroatoms. The number of esters is 1. The number of hydrogen-bond acceptors (Lipinski definition) is 4. The number of carbonyl (C=O) groups excluding carboxylic acids is 2. The number of ether oxygens (including phenoxy) is 1. The second-order valence-corrected chi connectivity index (χ2v) is 13.8. The van der Waals surface area contributed by atoms with Crippen molar-refractivity contribution in [1.29, 1.82) is 0 Å². The van der Waals surface area contributed by atoms with Gasteiger partial charge in [-0.2, -0.15) is 0 Å². The van der Waals surface area contributed by atoms with E-state index in [0.29, 0.717) is 33.8 Å². The lowest BCUT2D eigenvalue weighted by molar-refractivity contribution is -0.215. The van der Waals surface area contributed by atoms with Crippen LogP contribution in [0, 0.1) is 34.5 Å². The zero-order valence-electron chi connectivity index (χ0n) is 23.5. The van der Waals surface area contributed by atoms with Crippen molar-refractivity contribution >= 4 is 46.0 Å². The summed E-state index contributed by atoms with van der Waals surface area (Å²) in [6.45, 7) is 23.5. The first-order valence-electron chi connectivity index (χ1n) is 12.9. The molecule has 4 bridgehead atoms. The van der Waals surface area contributed by atoms with E-state index in [9.17, 15) is 14.7 Å². The van der Waals surface area contributed by atoms with E-state index < -0.39 is 5.24 Å². The Morgan fingerprint density at radius 2 is 1.25 bits per heavy atom. The van der Waals surface area contributed by atoms with E-state index >= 15 is 0 Å². The fraction of sp³-hybridized carbons (Fsp3) is 0.793. The number of rotatable bonds is 3. The third-order valence-electron chi connectivity index (χ3n) is 9.43. The van der Waals surface area contributed by atoms with E-state index in [2.05, 4.69) is 47.8 Å². The van der Waals surface area contributed by atoms with E-state index in [-0.39, 0.29) is 22.5 Å². The second-order valence-electron chi connectivity index (χ2n) is 12.7. The number of halogens is 3. The van der Waals surface area contributed by atoms with Gasteiger partial charge in [-0.25, -0.2) is 4.79 Å². The molecule has 6 aliphatic carbocycles. The highest BCUT2D eigenvalue weighted by molar-refractivity contribution is 6.67. The van der Waals surface area contributed by atoms with Gasteiger partial charge in [0.25, 0.3) is 0 Å². The van der Waals surface area contributed by atoms with Gasteiger partial charge in [-0.15, -0.1) is 23.2 Å². The van der Waals surface area contributed by atoms with Gasteiger partial charge < -0.3 is 9.84 Å². The first-order chi connectivity index (χ1) is 16.3. The van der Waals surface area contributed by atoms with Crippen molar-refractivity contribution < 1.29 is 19.4 Å². The standard InChI is InChI=1S/C14H22O2.C10H18O.C4H5ClO.CH2Cl2/c1-9(2)12(15)16-14(5)7-6-10-8-11(14)13(10,3)4;1-9(2)7-4-5-10(3,11)8(9)6-7;1-3(2)4(5)6;2-1-3/h10-11H,1,6-8H2,2-5H3;7-8,11H,4-6H2,1-3H3;1H2,2H3;1H2. The Bertz CT molecular complexity index is 808. The van der Waals surface area contributed by atoms with Crippen LogP contribution in [0.15, 0.2) is 24.3 Å². The molecule has 6 fully saturated rings. The first-order valence-corrected chi connectivity index (χ1v) is 14.3. The average molecular weight is 566 g/mol. The zero-order valence-corrected chi connectivity index (χ0v) is 25.7. The minimum Gasteiger partial charge on any atom is -0.456 e. The summed E-state index contributed by atoms with van der Waals surface area (Å²) in [6.07, 6.45) is 6.92. The van der Waals surface area contributed by atoms with Crippen LogP contribution in [0.4, 0.5) is 0 Å². The predicted molar refractivity (Wildman–Crippen MR) is 151 cm³/mol. The topological polar surface area (TPSA) is 63.6 Å². The molecule has 0 saturated heterocycles. The predicted octanol–water partition coefficient (Wildman–Crippen LogP) is 8.26. The summed E-state index contributed by atoms with van der Waals surface area (Å²) in [5.74, 6) is 2.57. The van der Waals surface area contributed by atoms with Gasteiger partial charge >= 0.3 is 5.97 Å². The summed E-state index contributed by atoms with van der Waals surface area (Å²) in [4.78, 5) is 21.5. The Hall–Kier alpha value is -0.550. The lowest BCUT2D eigenvalue weighted by Gasteiger charge is -2.63. The Kier molecular flexibility index (Phi) is 11.7. The Labute approximate surface area is 234 Å². The van der Waals surface area contributed by atoms with Gasteiger partial charge in [-0.3, -0.25) is 4.79 Å². The van der Waals surface area contributed by atoms with Gasteiger partial charge in [0.1, 0.15) is 5.60 Å². The summed E-state index contributed by atoms with van der Waals surface area (Å²) < 4.78 is 5.69. The van der Waals surface area contributed by atoms with Crippen LogP contribution in [0.1, 0.15) is 93.9 Å². The van der Waals surface area contributed by atoms with Crippen molar-refractivity contribution in [3.63, 3.8) is 0 Å². The molecule has 6 atom stereocenters. The van der Waals surface area contributed by atoms with Gasteiger partial charge in [0.2, 0.25) is 5.24 Å². The van der Waals surface area contributed by atoms with E-state index in [4.69, 9.17) is 39.5 Å². The van der Waals surface area contributed by atoms with Crippen molar-refractivity contribution in [3.05, 3.63) is 24.3 Å². The van der Waals surface area contributed by atoms with Crippen LogP contribution >= 0.6 is 34.8 Å². The zero-order chi connectivity index (χ0) is 28.3. The number of fused-ring (bicyclic) bond motifs is 4. The monoisotopic (exact) mass is 564 g/mol. The maximum absolute atomic E-state index is 11.7. The molecular formula is C29H47Cl3O4. The fourth-order valence-corrected chi connectivity index (χ4v) is 6.80. The third-order valence-corrected chi connectivity index (χ3v) is 9.75. The highest BCUT2D eigenvalue weighted by atomic mass is 35.5. The SMILES string of the molecule is C=C(C)C(=O)Cl.C=C(C)C(=O)OC1(C)CCC2CC1C2(C)C.CC1(O)CCC2CC1C2(C)C.ClCCl. The molecule has 6 unspecified atom stereocenters. The van der Waals surface area contributed by atoms with Gasteiger partial charge in [-0.05, 0) is 106 Å². The summed E-state index contributed by atoms with van der Waals surface area (Å²) in [5.41, 5.74) is 1.01. The lowest BCUT2D eigenvalue weighted by Crippen LogP contribution is -2.61. The molecule has 0 aromatic rings. The normalized spacial score (nSPS) is 35.8. The average Bonchev–Trinajstić information content (AvgIpc) is 2.73. The molecule has 208 valence electrons. The second kappa shape index (κ2) is 12.5. The van der Waals surface area contributed by atoms with Crippen LogP contribution in [0.5, 0.6) is 0 Å². The molecule has 0 heterocycles.